The zero-order chi connectivity index (χ0) is 14.7. The van der Waals surface area contributed by atoms with Gasteiger partial charge in [0.15, 0.2) is 0 Å². The molecule has 4 nitrogen and oxygen atoms in total. The maximum absolute atomic E-state index is 12.9. The predicted octanol–water partition coefficient (Wildman–Crippen LogP) is 1.22. The number of aliphatic hydroxyl groups excluding tert-OH is 2. The molecular formula is C14H17ClFNO3. The normalized spacial score (nSPS) is 22.9. The minimum Gasteiger partial charge on any atom is -0.396 e. The Hall–Kier alpha value is -1.17. The van der Waals surface area contributed by atoms with Gasteiger partial charge < -0.3 is 15.1 Å². The van der Waals surface area contributed by atoms with Gasteiger partial charge in [-0.3, -0.25) is 4.79 Å². The van der Waals surface area contributed by atoms with Crippen molar-refractivity contribution in [2.45, 2.75) is 18.9 Å². The highest BCUT2D eigenvalue weighted by Gasteiger charge is 2.29. The number of hydrogen-bond acceptors (Lipinski definition) is 3. The van der Waals surface area contributed by atoms with Gasteiger partial charge in [-0.2, -0.15) is 0 Å². The number of hydrogen-bond donors (Lipinski definition) is 2. The zero-order valence-corrected chi connectivity index (χ0v) is 11.7. The molecule has 110 valence electrons. The lowest BCUT2D eigenvalue weighted by Gasteiger charge is -2.35. The highest BCUT2D eigenvalue weighted by Crippen LogP contribution is 2.21. The van der Waals surface area contributed by atoms with Crippen LogP contribution in [0.1, 0.15) is 12.0 Å². The number of β-amino-alcohol motifs (C(OH)–C–C–N with tert-alkyl or cyclic N) is 1. The van der Waals surface area contributed by atoms with E-state index in [0.29, 0.717) is 18.5 Å². The summed E-state index contributed by atoms with van der Waals surface area (Å²) in [6.07, 6.45) is -0.0581. The van der Waals surface area contributed by atoms with Crippen LogP contribution in [0.5, 0.6) is 0 Å². The number of benzene rings is 1. The van der Waals surface area contributed by atoms with Crippen LogP contribution >= 0.6 is 11.6 Å². The van der Waals surface area contributed by atoms with E-state index < -0.39 is 11.9 Å². The number of carbonyl (C=O) groups excluding carboxylic acids is 1. The Labute approximate surface area is 121 Å². The maximum Gasteiger partial charge on any atom is 0.227 e. The lowest BCUT2D eigenvalue weighted by Crippen LogP contribution is -2.48. The molecule has 2 N–H and O–H groups in total. The van der Waals surface area contributed by atoms with Crippen LogP contribution < -0.4 is 0 Å². The summed E-state index contributed by atoms with van der Waals surface area (Å²) in [4.78, 5) is 13.7. The average molecular weight is 302 g/mol. The molecule has 20 heavy (non-hydrogen) atoms. The van der Waals surface area contributed by atoms with Crippen LogP contribution in [0.25, 0.3) is 0 Å². The minimum atomic E-state index is -0.707. The molecule has 0 unspecified atom stereocenters. The Morgan fingerprint density at radius 2 is 2.25 bits per heavy atom. The van der Waals surface area contributed by atoms with Crippen molar-refractivity contribution < 1.29 is 19.4 Å². The fourth-order valence-electron chi connectivity index (χ4n) is 2.36. The van der Waals surface area contributed by atoms with Crippen LogP contribution in [-0.2, 0) is 11.2 Å². The van der Waals surface area contributed by atoms with Crippen molar-refractivity contribution in [3.63, 3.8) is 0 Å². The smallest absolute Gasteiger partial charge is 0.227 e. The van der Waals surface area contributed by atoms with E-state index in [9.17, 15) is 14.3 Å². The second-order valence-corrected chi connectivity index (χ2v) is 5.46. The molecule has 0 spiro atoms. The van der Waals surface area contributed by atoms with E-state index in [0.717, 1.165) is 0 Å². The Morgan fingerprint density at radius 3 is 2.85 bits per heavy atom. The standard InChI is InChI=1S/C14H17ClFNO3/c15-12-6-11(16)2-1-9(12)5-14(20)17-4-3-10(8-18)13(19)7-17/h1-2,6,10,13,18-19H,3-5,7-8H2/t10-,13+/m1/s1. The molecule has 1 aromatic carbocycles. The number of aliphatic hydroxyl groups is 2. The van der Waals surface area contributed by atoms with Gasteiger partial charge in [-0.1, -0.05) is 17.7 Å². The van der Waals surface area contributed by atoms with Gasteiger partial charge in [0.25, 0.3) is 0 Å². The fraction of sp³-hybridized carbons (Fsp3) is 0.500. The molecule has 0 radical (unpaired) electrons. The van der Waals surface area contributed by atoms with Crippen LogP contribution in [-0.4, -0.2) is 46.8 Å². The largest absolute Gasteiger partial charge is 0.396 e. The van der Waals surface area contributed by atoms with Crippen molar-refractivity contribution in [3.05, 3.63) is 34.6 Å². The van der Waals surface area contributed by atoms with Gasteiger partial charge in [-0.25, -0.2) is 4.39 Å². The molecule has 2 atom stereocenters. The molecule has 0 aliphatic carbocycles. The van der Waals surface area contributed by atoms with E-state index in [4.69, 9.17) is 16.7 Å². The molecule has 0 saturated carbocycles. The van der Waals surface area contributed by atoms with Gasteiger partial charge in [0.2, 0.25) is 5.91 Å². The van der Waals surface area contributed by atoms with Crippen molar-refractivity contribution >= 4 is 17.5 Å². The van der Waals surface area contributed by atoms with E-state index in [1.54, 1.807) is 4.90 Å². The number of rotatable bonds is 3. The first-order chi connectivity index (χ1) is 9.51. The van der Waals surface area contributed by atoms with E-state index in [1.807, 2.05) is 0 Å². The van der Waals surface area contributed by atoms with Crippen molar-refractivity contribution in [3.8, 4) is 0 Å². The summed E-state index contributed by atoms with van der Waals surface area (Å²) in [7, 11) is 0. The fourth-order valence-corrected chi connectivity index (χ4v) is 2.59. The van der Waals surface area contributed by atoms with Gasteiger partial charge in [0.1, 0.15) is 5.82 Å². The molecule has 0 aromatic heterocycles. The van der Waals surface area contributed by atoms with Crippen molar-refractivity contribution in [2.24, 2.45) is 5.92 Å². The van der Waals surface area contributed by atoms with Crippen molar-refractivity contribution in [2.75, 3.05) is 19.7 Å². The van der Waals surface area contributed by atoms with Crippen LogP contribution in [0, 0.1) is 11.7 Å². The van der Waals surface area contributed by atoms with Crippen molar-refractivity contribution in [1.29, 1.82) is 0 Å². The quantitative estimate of drug-likeness (QED) is 0.882. The van der Waals surface area contributed by atoms with Gasteiger partial charge in [-0.05, 0) is 24.1 Å². The molecule has 1 heterocycles. The van der Waals surface area contributed by atoms with E-state index >= 15 is 0 Å². The Morgan fingerprint density at radius 1 is 1.50 bits per heavy atom. The third kappa shape index (κ3) is 3.48. The first kappa shape index (κ1) is 15.2. The van der Waals surface area contributed by atoms with Gasteiger partial charge in [-0.15, -0.1) is 0 Å². The summed E-state index contributed by atoms with van der Waals surface area (Å²) < 4.78 is 12.9. The summed E-state index contributed by atoms with van der Waals surface area (Å²) in [5.41, 5.74) is 0.567. The molecule has 0 bridgehead atoms. The molecule has 1 aliphatic heterocycles. The van der Waals surface area contributed by atoms with E-state index in [-0.39, 0.29) is 36.4 Å². The maximum atomic E-state index is 12.9. The summed E-state index contributed by atoms with van der Waals surface area (Å²) >= 11 is 5.89. The monoisotopic (exact) mass is 301 g/mol. The Balaban J connectivity index is 1.98. The number of amides is 1. The Bertz CT molecular complexity index is 497. The molecule has 1 fully saturated rings. The summed E-state index contributed by atoms with van der Waals surface area (Å²) in [5, 5.41) is 19.1. The second kappa shape index (κ2) is 6.52. The number of nitrogens with zero attached hydrogens (tertiary/aromatic N) is 1. The third-order valence-corrected chi connectivity index (χ3v) is 4.02. The molecule has 1 aromatic rings. The molecular weight excluding hydrogens is 285 g/mol. The SMILES string of the molecule is O=C(Cc1ccc(F)cc1Cl)N1CC[C@H](CO)[C@@H](O)C1. The molecule has 2 rings (SSSR count). The molecule has 1 aliphatic rings. The molecule has 1 amide bonds. The molecule has 6 heteroatoms. The van der Waals surface area contributed by atoms with E-state index in [1.165, 1.54) is 18.2 Å². The lowest BCUT2D eigenvalue weighted by molar-refractivity contribution is -0.135. The van der Waals surface area contributed by atoms with Gasteiger partial charge >= 0.3 is 0 Å². The van der Waals surface area contributed by atoms with Gasteiger partial charge in [0.05, 0.1) is 12.5 Å². The number of likely N-dealkylation sites (tertiary alicyclic amines) is 1. The van der Waals surface area contributed by atoms with Crippen LogP contribution in [0.2, 0.25) is 5.02 Å². The van der Waals surface area contributed by atoms with Crippen LogP contribution in [0.4, 0.5) is 4.39 Å². The summed E-state index contributed by atoms with van der Waals surface area (Å²) in [6, 6.07) is 3.94. The average Bonchev–Trinajstić information content (AvgIpc) is 2.41. The van der Waals surface area contributed by atoms with Gasteiger partial charge in [0, 0.05) is 30.6 Å². The highest BCUT2D eigenvalue weighted by molar-refractivity contribution is 6.31. The highest BCUT2D eigenvalue weighted by atomic mass is 35.5. The number of carbonyl (C=O) groups is 1. The first-order valence-electron chi connectivity index (χ1n) is 6.52. The number of halogens is 2. The topological polar surface area (TPSA) is 60.8 Å². The minimum absolute atomic E-state index is 0.0764. The Kier molecular flexibility index (Phi) is 4.96. The van der Waals surface area contributed by atoms with Crippen LogP contribution in [0.15, 0.2) is 18.2 Å². The van der Waals surface area contributed by atoms with Crippen LogP contribution in [0.3, 0.4) is 0 Å². The number of piperidine rings is 1. The lowest BCUT2D eigenvalue weighted by atomic mass is 9.94. The zero-order valence-electron chi connectivity index (χ0n) is 10.9. The predicted molar refractivity (Wildman–Crippen MR) is 72.9 cm³/mol. The van der Waals surface area contributed by atoms with Crippen molar-refractivity contribution in [1.82, 2.24) is 4.90 Å². The summed E-state index contributed by atoms with van der Waals surface area (Å²) in [5.74, 6) is -0.771. The first-order valence-corrected chi connectivity index (χ1v) is 6.89. The van der Waals surface area contributed by atoms with E-state index in [2.05, 4.69) is 0 Å². The second-order valence-electron chi connectivity index (χ2n) is 5.05. The molecule has 1 saturated heterocycles. The summed E-state index contributed by atoms with van der Waals surface area (Å²) in [6.45, 7) is 0.635. The third-order valence-electron chi connectivity index (χ3n) is 3.67.